The van der Waals surface area contributed by atoms with E-state index in [0.717, 1.165) is 0 Å². The van der Waals surface area contributed by atoms with Gasteiger partial charge in [-0.25, -0.2) is 4.79 Å². The van der Waals surface area contributed by atoms with Crippen LogP contribution in [0.3, 0.4) is 0 Å². The molecule has 1 aromatic rings. The number of rotatable bonds is 2. The van der Waals surface area contributed by atoms with Gasteiger partial charge in [-0.2, -0.15) is 0 Å². The lowest BCUT2D eigenvalue weighted by Crippen LogP contribution is -2.21. The average molecular weight is 268 g/mol. The third-order valence-corrected chi connectivity index (χ3v) is 1.80. The molecule has 106 valence electrons. The Bertz CT molecular complexity index is 406. The summed E-state index contributed by atoms with van der Waals surface area (Å²) in [4.78, 5) is 20.5. The summed E-state index contributed by atoms with van der Waals surface area (Å²) in [7, 11) is 0. The zero-order valence-corrected chi connectivity index (χ0v) is 11.6. The molecule has 0 saturated heterocycles. The van der Waals surface area contributed by atoms with Crippen LogP contribution >= 0.6 is 0 Å². The van der Waals surface area contributed by atoms with E-state index in [1.165, 1.54) is 6.92 Å². The highest BCUT2D eigenvalue weighted by Gasteiger charge is 2.14. The molecule has 0 unspecified atom stereocenters. The first-order chi connectivity index (χ1) is 8.63. The third-order valence-electron chi connectivity index (χ3n) is 1.80. The molecule has 0 aliphatic heterocycles. The number of hydrogen-bond donors (Lipinski definition) is 2. The van der Waals surface area contributed by atoms with E-state index in [-0.39, 0.29) is 11.6 Å². The molecule has 0 bridgehead atoms. The fraction of sp³-hybridized carbons (Fsp3) is 0.429. The molecule has 0 aromatic heterocycles. The molecule has 0 aliphatic rings. The van der Waals surface area contributed by atoms with Crippen LogP contribution in [0.1, 0.15) is 39.4 Å². The predicted octanol–water partition coefficient (Wildman–Crippen LogP) is 2.15. The molecule has 0 fully saturated rings. The van der Waals surface area contributed by atoms with Crippen LogP contribution in [0.25, 0.3) is 0 Å². The van der Waals surface area contributed by atoms with E-state index in [1.807, 2.05) is 20.8 Å². The lowest BCUT2D eigenvalue weighted by molar-refractivity contribution is -0.152. The number of aliphatic hydroxyl groups is 1. The molecule has 2 N–H and O–H groups in total. The average Bonchev–Trinajstić information content (AvgIpc) is 2.26. The molecule has 0 saturated carbocycles. The van der Waals surface area contributed by atoms with Crippen LogP contribution in [-0.2, 0) is 14.3 Å². The lowest BCUT2D eigenvalue weighted by atomic mass is 10.1. The summed E-state index contributed by atoms with van der Waals surface area (Å²) in [5.41, 5.74) is 0.0752. The van der Waals surface area contributed by atoms with Crippen LogP contribution in [0.4, 0.5) is 0 Å². The van der Waals surface area contributed by atoms with Crippen molar-refractivity contribution < 1.29 is 24.5 Å². The van der Waals surface area contributed by atoms with Crippen molar-refractivity contribution in [2.45, 2.75) is 39.4 Å². The summed E-state index contributed by atoms with van der Waals surface area (Å²) in [5.74, 6) is -1.45. The molecule has 1 atom stereocenters. The summed E-state index contributed by atoms with van der Waals surface area (Å²) in [5, 5.41) is 17.4. The van der Waals surface area contributed by atoms with E-state index >= 15 is 0 Å². The fourth-order valence-electron chi connectivity index (χ4n) is 1.21. The summed E-state index contributed by atoms with van der Waals surface area (Å²) in [6.07, 6.45) is -1.41. The van der Waals surface area contributed by atoms with E-state index in [1.54, 1.807) is 30.3 Å². The van der Waals surface area contributed by atoms with Gasteiger partial charge in [0.05, 0.1) is 0 Å². The first-order valence-electron chi connectivity index (χ1n) is 5.79. The van der Waals surface area contributed by atoms with Crippen LogP contribution < -0.4 is 0 Å². The van der Waals surface area contributed by atoms with Crippen molar-refractivity contribution >= 4 is 11.9 Å². The normalized spacial score (nSPS) is 11.8. The van der Waals surface area contributed by atoms with Gasteiger partial charge in [0.2, 0.25) is 0 Å². The van der Waals surface area contributed by atoms with Crippen molar-refractivity contribution in [3.05, 3.63) is 35.9 Å². The van der Waals surface area contributed by atoms with Gasteiger partial charge in [0, 0.05) is 6.92 Å². The maximum Gasteiger partial charge on any atom is 0.337 e. The molecule has 1 aromatic carbocycles. The first-order valence-corrected chi connectivity index (χ1v) is 5.79. The standard InChI is InChI=1S/C8H8O3.C6H12O2/c9-7(8(10)11)6-4-2-1-3-5-6;1-5(7)8-6(2,3)4/h1-5,7,9H,(H,10,11);1-4H3/t7-;/m1./s1. The number of esters is 1. The molecule has 0 aliphatic carbocycles. The number of carbonyl (C=O) groups is 2. The second-order valence-electron chi connectivity index (χ2n) is 4.86. The van der Waals surface area contributed by atoms with Gasteiger partial charge in [-0.1, -0.05) is 30.3 Å². The number of aliphatic hydroxyl groups excluding tert-OH is 1. The maximum atomic E-state index is 10.2. The van der Waals surface area contributed by atoms with Crippen LogP contribution in [0.15, 0.2) is 30.3 Å². The van der Waals surface area contributed by atoms with Gasteiger partial charge >= 0.3 is 11.9 Å². The number of aliphatic carboxylic acids is 1. The van der Waals surface area contributed by atoms with E-state index < -0.39 is 12.1 Å². The molecule has 0 spiro atoms. The number of benzene rings is 1. The van der Waals surface area contributed by atoms with Crippen LogP contribution in [0, 0.1) is 0 Å². The smallest absolute Gasteiger partial charge is 0.337 e. The second-order valence-corrected chi connectivity index (χ2v) is 4.86. The van der Waals surface area contributed by atoms with E-state index in [0.29, 0.717) is 5.56 Å². The summed E-state index contributed by atoms with van der Waals surface area (Å²) in [6, 6.07) is 8.26. The highest BCUT2D eigenvalue weighted by molar-refractivity contribution is 5.73. The number of hydrogen-bond acceptors (Lipinski definition) is 4. The molecule has 0 radical (unpaired) electrons. The zero-order chi connectivity index (χ0) is 15.1. The van der Waals surface area contributed by atoms with Gasteiger partial charge in [0.1, 0.15) is 5.60 Å². The van der Waals surface area contributed by atoms with Crippen molar-refractivity contribution in [1.82, 2.24) is 0 Å². The highest BCUT2D eigenvalue weighted by atomic mass is 16.6. The Balaban J connectivity index is 0.000000362. The molecular weight excluding hydrogens is 248 g/mol. The Morgan fingerprint density at radius 3 is 1.89 bits per heavy atom. The van der Waals surface area contributed by atoms with E-state index in [9.17, 15) is 9.59 Å². The molecule has 1 rings (SSSR count). The molecular formula is C14H20O5. The second kappa shape index (κ2) is 7.53. The number of ether oxygens (including phenoxy) is 1. The summed E-state index contributed by atoms with van der Waals surface area (Å²) in [6.45, 7) is 6.93. The van der Waals surface area contributed by atoms with Gasteiger partial charge in [-0.05, 0) is 26.3 Å². The Morgan fingerprint density at radius 1 is 1.16 bits per heavy atom. The van der Waals surface area contributed by atoms with Gasteiger partial charge in [0.15, 0.2) is 6.10 Å². The van der Waals surface area contributed by atoms with Crippen LogP contribution in [0.5, 0.6) is 0 Å². The van der Waals surface area contributed by atoms with E-state index in [4.69, 9.17) is 14.9 Å². The lowest BCUT2D eigenvalue weighted by Gasteiger charge is -2.17. The van der Waals surface area contributed by atoms with Gasteiger partial charge in [-0.3, -0.25) is 4.79 Å². The van der Waals surface area contributed by atoms with Crippen molar-refractivity contribution in [1.29, 1.82) is 0 Å². The minimum atomic E-state index is -1.41. The number of carboxylic acid groups (broad SMARTS) is 1. The highest BCUT2D eigenvalue weighted by Crippen LogP contribution is 2.11. The zero-order valence-electron chi connectivity index (χ0n) is 11.6. The Kier molecular flexibility index (Phi) is 6.79. The Morgan fingerprint density at radius 2 is 1.63 bits per heavy atom. The quantitative estimate of drug-likeness (QED) is 0.803. The van der Waals surface area contributed by atoms with Gasteiger partial charge in [-0.15, -0.1) is 0 Å². The third kappa shape index (κ3) is 8.79. The van der Waals surface area contributed by atoms with Crippen molar-refractivity contribution in [2.24, 2.45) is 0 Å². The van der Waals surface area contributed by atoms with Crippen molar-refractivity contribution in [3.8, 4) is 0 Å². The SMILES string of the molecule is CC(=O)OC(C)(C)C.O=C(O)[C@H](O)c1ccccc1. The monoisotopic (exact) mass is 268 g/mol. The fourth-order valence-corrected chi connectivity index (χ4v) is 1.21. The summed E-state index contributed by atoms with van der Waals surface area (Å²) >= 11 is 0. The summed E-state index contributed by atoms with van der Waals surface area (Å²) < 4.78 is 4.80. The molecule has 5 heteroatoms. The number of carboxylic acids is 1. The molecule has 0 amide bonds. The van der Waals surface area contributed by atoms with Gasteiger partial charge < -0.3 is 14.9 Å². The van der Waals surface area contributed by atoms with Crippen molar-refractivity contribution in [2.75, 3.05) is 0 Å². The minimum absolute atomic E-state index is 0.225. The topological polar surface area (TPSA) is 83.8 Å². The largest absolute Gasteiger partial charge is 0.479 e. The Labute approximate surface area is 112 Å². The van der Waals surface area contributed by atoms with Gasteiger partial charge in [0.25, 0.3) is 0 Å². The number of carbonyl (C=O) groups excluding carboxylic acids is 1. The van der Waals surface area contributed by atoms with E-state index in [2.05, 4.69) is 0 Å². The maximum absolute atomic E-state index is 10.2. The first kappa shape index (κ1) is 17.1. The van der Waals surface area contributed by atoms with Crippen molar-refractivity contribution in [3.63, 3.8) is 0 Å². The molecule has 19 heavy (non-hydrogen) atoms. The Hall–Kier alpha value is -1.88. The predicted molar refractivity (Wildman–Crippen MR) is 70.6 cm³/mol. The molecule has 5 nitrogen and oxygen atoms in total. The minimum Gasteiger partial charge on any atom is -0.479 e. The molecule has 0 heterocycles. The van der Waals surface area contributed by atoms with Crippen LogP contribution in [-0.4, -0.2) is 27.8 Å². The van der Waals surface area contributed by atoms with Crippen LogP contribution in [0.2, 0.25) is 0 Å².